The molecule has 0 atom stereocenters. The molecule has 2 rings (SSSR count). The number of nitrogens with zero attached hydrogens (tertiary/aromatic N) is 2. The fourth-order valence-electron chi connectivity index (χ4n) is 1.88. The topological polar surface area (TPSA) is 118 Å². The van der Waals surface area contributed by atoms with Crippen LogP contribution in [-0.4, -0.2) is 42.9 Å². The van der Waals surface area contributed by atoms with Gasteiger partial charge in [-0.05, 0) is 24.3 Å². The number of nitrogens with two attached hydrogens (primary N) is 1. The summed E-state index contributed by atoms with van der Waals surface area (Å²) in [5.74, 6) is 0.696. The Balaban J connectivity index is 2.42. The summed E-state index contributed by atoms with van der Waals surface area (Å²) in [5, 5.41) is 11.8. The molecular weight excluding hydrogens is 304 g/mol. The summed E-state index contributed by atoms with van der Waals surface area (Å²) in [6.45, 7) is 0.263. The molecule has 1 heterocycles. The first-order valence-electron chi connectivity index (χ1n) is 6.64. The zero-order valence-corrected chi connectivity index (χ0v) is 13.0. The van der Waals surface area contributed by atoms with Crippen molar-refractivity contribution in [3.63, 3.8) is 0 Å². The summed E-state index contributed by atoms with van der Waals surface area (Å²) in [6.07, 6.45) is 1.15. The third-order valence-corrected chi connectivity index (χ3v) is 3.60. The van der Waals surface area contributed by atoms with Gasteiger partial charge in [-0.25, -0.2) is 18.4 Å². The number of aromatic nitrogens is 2. The molecule has 0 spiro atoms. The van der Waals surface area contributed by atoms with Crippen molar-refractivity contribution in [1.29, 1.82) is 0 Å². The zero-order chi connectivity index (χ0) is 16.2. The molecule has 22 heavy (non-hydrogen) atoms. The van der Waals surface area contributed by atoms with E-state index in [-0.39, 0.29) is 12.4 Å². The molecule has 0 saturated carbocycles. The van der Waals surface area contributed by atoms with E-state index in [0.29, 0.717) is 29.6 Å². The van der Waals surface area contributed by atoms with Crippen LogP contribution in [0.4, 0.5) is 11.5 Å². The van der Waals surface area contributed by atoms with Crippen LogP contribution < -0.4 is 11.1 Å². The van der Waals surface area contributed by atoms with E-state index in [9.17, 15) is 8.42 Å². The minimum atomic E-state index is -3.21. The highest BCUT2D eigenvalue weighted by atomic mass is 32.2. The van der Waals surface area contributed by atoms with Gasteiger partial charge in [-0.15, -0.1) is 0 Å². The molecule has 8 heteroatoms. The molecule has 0 radical (unpaired) electrons. The Labute approximate surface area is 129 Å². The number of anilines is 2. The minimum Gasteiger partial charge on any atom is -0.399 e. The number of rotatable bonds is 6. The second-order valence-corrected chi connectivity index (χ2v) is 7.05. The Kier molecular flexibility index (Phi) is 4.94. The molecule has 0 saturated heterocycles. The van der Waals surface area contributed by atoms with E-state index in [1.165, 1.54) is 0 Å². The molecule has 2 aromatic rings. The summed E-state index contributed by atoms with van der Waals surface area (Å²) in [6, 6.07) is 8.55. The molecule has 0 unspecified atom stereocenters. The van der Waals surface area contributed by atoms with Crippen LogP contribution in [0.1, 0.15) is 5.69 Å². The van der Waals surface area contributed by atoms with Gasteiger partial charge in [0.05, 0.1) is 18.1 Å². The van der Waals surface area contributed by atoms with Crippen molar-refractivity contribution in [3.05, 3.63) is 36.0 Å². The van der Waals surface area contributed by atoms with E-state index in [4.69, 9.17) is 10.8 Å². The Bertz CT molecular complexity index is 745. The van der Waals surface area contributed by atoms with Crippen LogP contribution in [0.5, 0.6) is 0 Å². The monoisotopic (exact) mass is 322 g/mol. The average molecular weight is 322 g/mol. The predicted octanol–water partition coefficient (Wildman–Crippen LogP) is 0.675. The largest absolute Gasteiger partial charge is 0.399 e. The first-order chi connectivity index (χ1) is 10.4. The second kappa shape index (κ2) is 6.71. The smallest absolute Gasteiger partial charge is 0.161 e. The van der Waals surface area contributed by atoms with Crippen molar-refractivity contribution < 1.29 is 13.5 Å². The van der Waals surface area contributed by atoms with Crippen molar-refractivity contribution >= 4 is 21.3 Å². The van der Waals surface area contributed by atoms with Crippen molar-refractivity contribution in [2.24, 2.45) is 0 Å². The van der Waals surface area contributed by atoms with Gasteiger partial charge in [0.25, 0.3) is 0 Å². The Hall–Kier alpha value is -2.19. The number of benzene rings is 1. The summed E-state index contributed by atoms with van der Waals surface area (Å²) in [5.41, 5.74) is 7.40. The van der Waals surface area contributed by atoms with Gasteiger partial charge in [0, 0.05) is 30.1 Å². The highest BCUT2D eigenvalue weighted by Crippen LogP contribution is 2.20. The summed E-state index contributed by atoms with van der Waals surface area (Å²) in [7, 11) is -3.21. The van der Waals surface area contributed by atoms with Crippen LogP contribution in [0.2, 0.25) is 0 Å². The van der Waals surface area contributed by atoms with Crippen LogP contribution in [0.25, 0.3) is 11.4 Å². The lowest BCUT2D eigenvalue weighted by Gasteiger charge is -2.09. The zero-order valence-electron chi connectivity index (χ0n) is 12.2. The fraction of sp³-hybridized carbons (Fsp3) is 0.286. The van der Waals surface area contributed by atoms with Gasteiger partial charge in [0.2, 0.25) is 0 Å². The third-order valence-electron chi connectivity index (χ3n) is 2.78. The minimum absolute atomic E-state index is 0.0530. The maximum atomic E-state index is 11.5. The van der Waals surface area contributed by atoms with Crippen LogP contribution in [0.3, 0.4) is 0 Å². The summed E-state index contributed by atoms with van der Waals surface area (Å²) >= 11 is 0. The van der Waals surface area contributed by atoms with E-state index in [1.54, 1.807) is 30.3 Å². The average Bonchev–Trinajstić information content (AvgIpc) is 2.44. The van der Waals surface area contributed by atoms with Crippen molar-refractivity contribution in [3.8, 4) is 11.4 Å². The first kappa shape index (κ1) is 16.2. The number of sulfone groups is 1. The Morgan fingerprint density at radius 1 is 1.23 bits per heavy atom. The quantitative estimate of drug-likeness (QED) is 0.669. The highest BCUT2D eigenvalue weighted by molar-refractivity contribution is 7.89. The van der Waals surface area contributed by atoms with Gasteiger partial charge in [-0.1, -0.05) is 0 Å². The Morgan fingerprint density at radius 2 is 1.91 bits per heavy atom. The molecular formula is C14H18N4O3S. The molecule has 1 aromatic carbocycles. The van der Waals surface area contributed by atoms with Crippen molar-refractivity contribution in [2.75, 3.05) is 30.5 Å². The number of nitrogens with one attached hydrogen (secondary N) is 1. The Morgan fingerprint density at radius 3 is 2.50 bits per heavy atom. The van der Waals surface area contributed by atoms with Gasteiger partial charge in [-0.2, -0.15) is 0 Å². The maximum Gasteiger partial charge on any atom is 0.161 e. The van der Waals surface area contributed by atoms with Crippen LogP contribution >= 0.6 is 0 Å². The second-order valence-electron chi connectivity index (χ2n) is 4.91. The molecule has 0 fully saturated rings. The molecule has 0 bridgehead atoms. The summed E-state index contributed by atoms with van der Waals surface area (Å²) < 4.78 is 23.0. The van der Waals surface area contributed by atoms with Crippen LogP contribution in [0.15, 0.2) is 30.3 Å². The van der Waals surface area contributed by atoms with E-state index in [2.05, 4.69) is 15.3 Å². The van der Waals surface area contributed by atoms with E-state index in [1.807, 2.05) is 0 Å². The van der Waals surface area contributed by atoms with E-state index in [0.717, 1.165) is 11.8 Å². The number of hydrogen-bond donors (Lipinski definition) is 3. The lowest BCUT2D eigenvalue weighted by Crippen LogP contribution is -2.10. The van der Waals surface area contributed by atoms with E-state index < -0.39 is 9.84 Å². The lowest BCUT2D eigenvalue weighted by molar-refractivity contribution is 0.311. The molecule has 0 amide bonds. The van der Waals surface area contributed by atoms with Crippen LogP contribution in [0, 0.1) is 0 Å². The number of nitrogen functional groups attached to an aromatic ring is 1. The van der Waals surface area contributed by atoms with Gasteiger partial charge in [0.1, 0.15) is 5.82 Å². The number of aliphatic hydroxyl groups excluding tert-OH is 1. The third kappa shape index (κ3) is 4.68. The fourth-order valence-corrected chi connectivity index (χ4v) is 2.56. The highest BCUT2D eigenvalue weighted by Gasteiger charge is 2.11. The number of aliphatic hydroxyl groups is 1. The van der Waals surface area contributed by atoms with Crippen molar-refractivity contribution in [2.45, 2.75) is 5.75 Å². The summed E-state index contributed by atoms with van der Waals surface area (Å²) in [4.78, 5) is 8.63. The maximum absolute atomic E-state index is 11.5. The standard InChI is InChI=1S/C14H18N4O3S/c1-22(20,21)9-12-8-13(16-6-7-19)18-14(17-12)10-2-4-11(15)5-3-10/h2-5,8,19H,6-7,9,15H2,1H3,(H,16,17,18). The van der Waals surface area contributed by atoms with E-state index >= 15 is 0 Å². The van der Waals surface area contributed by atoms with Crippen molar-refractivity contribution in [1.82, 2.24) is 9.97 Å². The SMILES string of the molecule is CS(=O)(=O)Cc1cc(NCCO)nc(-c2ccc(N)cc2)n1. The molecule has 1 aromatic heterocycles. The molecule has 0 aliphatic heterocycles. The number of hydrogen-bond acceptors (Lipinski definition) is 7. The molecule has 118 valence electrons. The predicted molar refractivity (Wildman–Crippen MR) is 86.0 cm³/mol. The van der Waals surface area contributed by atoms with Crippen LogP contribution in [-0.2, 0) is 15.6 Å². The van der Waals surface area contributed by atoms with Gasteiger partial charge in [-0.3, -0.25) is 0 Å². The molecule has 0 aliphatic rings. The molecule has 7 nitrogen and oxygen atoms in total. The first-order valence-corrected chi connectivity index (χ1v) is 8.70. The molecule has 0 aliphatic carbocycles. The van der Waals surface area contributed by atoms with Gasteiger partial charge < -0.3 is 16.2 Å². The molecule has 4 N–H and O–H groups in total. The lowest BCUT2D eigenvalue weighted by atomic mass is 10.2. The normalized spacial score (nSPS) is 11.4. The van der Waals surface area contributed by atoms with Gasteiger partial charge >= 0.3 is 0 Å². The van der Waals surface area contributed by atoms with Gasteiger partial charge in [0.15, 0.2) is 15.7 Å².